The molecule has 1 aliphatic rings. The van der Waals surface area contributed by atoms with Gasteiger partial charge in [0.1, 0.15) is 23.3 Å². The van der Waals surface area contributed by atoms with Crippen LogP contribution >= 0.6 is 0 Å². The summed E-state index contributed by atoms with van der Waals surface area (Å²) >= 11 is 0. The molecule has 0 spiro atoms. The third-order valence-electron chi connectivity index (χ3n) is 6.45. The van der Waals surface area contributed by atoms with Crippen LogP contribution in [0.3, 0.4) is 0 Å². The molecule has 5 heteroatoms. The number of benzene rings is 4. The largest absolute Gasteiger partial charge is 0.497 e. The lowest BCUT2D eigenvalue weighted by atomic mass is 9.81. The van der Waals surface area contributed by atoms with E-state index in [1.165, 1.54) is 0 Å². The number of methoxy groups -OCH3 is 1. The van der Waals surface area contributed by atoms with Crippen LogP contribution in [0.5, 0.6) is 17.4 Å². The van der Waals surface area contributed by atoms with Crippen LogP contribution in [0, 0.1) is 5.41 Å². The van der Waals surface area contributed by atoms with Gasteiger partial charge in [-0.05, 0) is 40.1 Å². The molecule has 6 rings (SSSR count). The number of fused-ring (bicyclic) bond motifs is 4. The van der Waals surface area contributed by atoms with E-state index in [2.05, 4.69) is 47.4 Å². The first-order chi connectivity index (χ1) is 16.7. The molecule has 0 fully saturated rings. The van der Waals surface area contributed by atoms with Gasteiger partial charge in [0.2, 0.25) is 5.88 Å². The first kappa shape index (κ1) is 20.2. The van der Waals surface area contributed by atoms with Gasteiger partial charge in [0.05, 0.1) is 19.2 Å². The van der Waals surface area contributed by atoms with E-state index in [0.29, 0.717) is 17.9 Å². The summed E-state index contributed by atoms with van der Waals surface area (Å²) in [6, 6.07) is 30.6. The van der Waals surface area contributed by atoms with Crippen molar-refractivity contribution in [2.24, 2.45) is 0 Å². The van der Waals surface area contributed by atoms with Crippen LogP contribution in [0.25, 0.3) is 10.8 Å². The fourth-order valence-corrected chi connectivity index (χ4v) is 4.79. The van der Waals surface area contributed by atoms with E-state index >= 15 is 0 Å². The second-order valence-electron chi connectivity index (χ2n) is 8.43. The number of ether oxygens (including phenoxy) is 2. The summed E-state index contributed by atoms with van der Waals surface area (Å²) in [5.74, 6) is 1.86. The maximum Gasteiger partial charge on any atom is 0.228 e. The third-order valence-corrected chi connectivity index (χ3v) is 6.45. The molecule has 0 aliphatic carbocycles. The molecule has 0 saturated heterocycles. The lowest BCUT2D eigenvalue weighted by Crippen LogP contribution is -2.30. The van der Waals surface area contributed by atoms with E-state index in [9.17, 15) is 5.41 Å². The zero-order valence-electron chi connectivity index (χ0n) is 18.7. The summed E-state index contributed by atoms with van der Waals surface area (Å²) in [6.07, 6.45) is 1.70. The van der Waals surface area contributed by atoms with Crippen molar-refractivity contribution in [1.29, 1.82) is 5.41 Å². The number of aromatic nitrogens is 2. The fourth-order valence-electron chi connectivity index (χ4n) is 4.79. The van der Waals surface area contributed by atoms with Gasteiger partial charge in [-0.25, -0.2) is 4.98 Å². The Bertz CT molecular complexity index is 1560. The summed E-state index contributed by atoms with van der Waals surface area (Å²) < 4.78 is 13.6. The minimum Gasteiger partial charge on any atom is -0.497 e. The molecule has 2 heterocycles. The summed E-state index contributed by atoms with van der Waals surface area (Å²) in [4.78, 5) is 4.66. The van der Waals surface area contributed by atoms with Crippen LogP contribution in [0.15, 0.2) is 97.3 Å². The molecule has 0 amide bonds. The van der Waals surface area contributed by atoms with E-state index in [0.717, 1.165) is 44.5 Å². The van der Waals surface area contributed by atoms with Crippen molar-refractivity contribution in [3.8, 4) is 17.4 Å². The monoisotopic (exact) mass is 445 g/mol. The van der Waals surface area contributed by atoms with E-state index in [1.807, 2.05) is 53.1 Å². The van der Waals surface area contributed by atoms with Gasteiger partial charge in [0.15, 0.2) is 0 Å². The maximum absolute atomic E-state index is 9.20. The van der Waals surface area contributed by atoms with E-state index in [1.54, 1.807) is 13.4 Å². The van der Waals surface area contributed by atoms with Crippen molar-refractivity contribution in [3.63, 3.8) is 0 Å². The quantitative estimate of drug-likeness (QED) is 0.370. The number of nitrogens with zero attached hydrogens (tertiary/aromatic N) is 2. The highest BCUT2D eigenvalue weighted by Gasteiger charge is 2.33. The molecule has 34 heavy (non-hydrogen) atoms. The van der Waals surface area contributed by atoms with E-state index in [-0.39, 0.29) is 5.92 Å². The Morgan fingerprint density at radius 2 is 1.65 bits per heavy atom. The zero-order chi connectivity index (χ0) is 23.1. The van der Waals surface area contributed by atoms with Gasteiger partial charge in [-0.15, -0.1) is 0 Å². The van der Waals surface area contributed by atoms with Gasteiger partial charge in [-0.3, -0.25) is 5.41 Å². The van der Waals surface area contributed by atoms with Crippen LogP contribution in [-0.2, 0) is 6.54 Å². The number of rotatable bonds is 4. The average Bonchev–Trinajstić information content (AvgIpc) is 2.90. The number of nitrogens with one attached hydrogen (secondary N) is 1. The molecule has 1 aromatic heterocycles. The van der Waals surface area contributed by atoms with Gasteiger partial charge < -0.3 is 14.0 Å². The second-order valence-corrected chi connectivity index (χ2v) is 8.43. The Kier molecular flexibility index (Phi) is 4.88. The second kappa shape index (κ2) is 8.19. The summed E-state index contributed by atoms with van der Waals surface area (Å²) in [6.45, 7) is 0.567. The average molecular weight is 446 g/mol. The highest BCUT2D eigenvalue weighted by Crippen LogP contribution is 2.48. The van der Waals surface area contributed by atoms with Gasteiger partial charge in [0.25, 0.3) is 0 Å². The first-order valence-corrected chi connectivity index (χ1v) is 11.2. The summed E-state index contributed by atoms with van der Waals surface area (Å²) in [5, 5.41) is 11.5. The maximum atomic E-state index is 9.20. The molecule has 0 radical (unpaired) electrons. The predicted molar refractivity (Wildman–Crippen MR) is 132 cm³/mol. The molecular formula is C29H23N3O2. The third kappa shape index (κ3) is 3.33. The van der Waals surface area contributed by atoms with E-state index in [4.69, 9.17) is 9.47 Å². The Hall–Kier alpha value is -4.38. The number of hydrogen-bond donors (Lipinski definition) is 1. The molecule has 166 valence electrons. The normalized spacial score (nSPS) is 14.2. The van der Waals surface area contributed by atoms with E-state index < -0.39 is 0 Å². The fraction of sp³-hybridized carbons (Fsp3) is 0.103. The van der Waals surface area contributed by atoms with Crippen molar-refractivity contribution in [2.45, 2.75) is 12.5 Å². The SMILES string of the molecule is COc1ccc([C@H]2c3c(ncn(Cc4ccccc4)c3=N)Oc3ccc4ccccc4c32)cc1. The highest BCUT2D eigenvalue weighted by atomic mass is 16.5. The van der Waals surface area contributed by atoms with Crippen LogP contribution in [0.1, 0.15) is 28.2 Å². The van der Waals surface area contributed by atoms with Crippen molar-refractivity contribution >= 4 is 10.8 Å². The standard InChI is InChI=1S/C29H23N3O2/c1-33-22-14-11-21(12-15-22)25-26-23-10-6-5-9-20(23)13-16-24(26)34-29-27(25)28(30)32(18-31-29)17-19-7-3-2-4-8-19/h2-16,18,25,30H,17H2,1H3/t25-/m1/s1. The highest BCUT2D eigenvalue weighted by molar-refractivity contribution is 5.90. The molecule has 0 bridgehead atoms. The molecule has 4 aromatic carbocycles. The molecular weight excluding hydrogens is 422 g/mol. The minimum absolute atomic E-state index is 0.195. The Morgan fingerprint density at radius 3 is 2.44 bits per heavy atom. The lowest BCUT2D eigenvalue weighted by Gasteiger charge is -2.30. The van der Waals surface area contributed by atoms with Crippen molar-refractivity contribution in [1.82, 2.24) is 9.55 Å². The van der Waals surface area contributed by atoms with Gasteiger partial charge in [0, 0.05) is 11.5 Å². The van der Waals surface area contributed by atoms with Crippen LogP contribution in [-0.4, -0.2) is 16.7 Å². The summed E-state index contributed by atoms with van der Waals surface area (Å²) in [7, 11) is 1.67. The predicted octanol–water partition coefficient (Wildman–Crippen LogP) is 5.86. The smallest absolute Gasteiger partial charge is 0.228 e. The van der Waals surface area contributed by atoms with Crippen molar-refractivity contribution in [3.05, 3.63) is 125 Å². The van der Waals surface area contributed by atoms with Crippen molar-refractivity contribution < 1.29 is 9.47 Å². The lowest BCUT2D eigenvalue weighted by molar-refractivity contribution is 0.414. The van der Waals surface area contributed by atoms with Crippen LogP contribution < -0.4 is 15.0 Å². The van der Waals surface area contributed by atoms with Gasteiger partial charge >= 0.3 is 0 Å². The zero-order valence-corrected chi connectivity index (χ0v) is 18.7. The molecule has 1 atom stereocenters. The topological polar surface area (TPSA) is 60.1 Å². The Balaban J connectivity index is 1.59. The Labute approximate surface area is 197 Å². The molecule has 1 N–H and O–H groups in total. The minimum atomic E-state index is -0.195. The van der Waals surface area contributed by atoms with Gasteiger partial charge in [-0.1, -0.05) is 72.8 Å². The molecule has 1 aliphatic heterocycles. The van der Waals surface area contributed by atoms with Crippen LogP contribution in [0.4, 0.5) is 0 Å². The molecule has 0 unspecified atom stereocenters. The Morgan fingerprint density at radius 1 is 0.882 bits per heavy atom. The first-order valence-electron chi connectivity index (χ1n) is 11.2. The molecule has 5 nitrogen and oxygen atoms in total. The van der Waals surface area contributed by atoms with Gasteiger partial charge in [-0.2, -0.15) is 0 Å². The summed E-state index contributed by atoms with van der Waals surface area (Å²) in [5.41, 5.74) is 4.41. The number of hydrogen-bond acceptors (Lipinski definition) is 4. The molecule has 0 saturated carbocycles. The van der Waals surface area contributed by atoms with Crippen LogP contribution in [0.2, 0.25) is 0 Å². The van der Waals surface area contributed by atoms with Crippen molar-refractivity contribution in [2.75, 3.05) is 7.11 Å². The molecule has 5 aromatic rings.